The van der Waals surface area contributed by atoms with E-state index >= 15 is 0 Å². The zero-order valence-electron chi connectivity index (χ0n) is 11.7. The van der Waals surface area contributed by atoms with Crippen LogP contribution in [-0.4, -0.2) is 31.2 Å². The highest BCUT2D eigenvalue weighted by Crippen LogP contribution is 2.32. The van der Waals surface area contributed by atoms with Crippen LogP contribution < -0.4 is 0 Å². The van der Waals surface area contributed by atoms with E-state index in [9.17, 15) is 12.8 Å². The Labute approximate surface area is 124 Å². The van der Waals surface area contributed by atoms with Crippen molar-refractivity contribution in [3.05, 3.63) is 29.1 Å². The van der Waals surface area contributed by atoms with Gasteiger partial charge in [0.05, 0.1) is 4.90 Å². The van der Waals surface area contributed by atoms with E-state index in [-0.39, 0.29) is 16.8 Å². The van der Waals surface area contributed by atoms with Crippen molar-refractivity contribution in [1.82, 2.24) is 4.31 Å². The summed E-state index contributed by atoms with van der Waals surface area (Å²) in [4.78, 5) is 0.218. The van der Waals surface area contributed by atoms with E-state index in [1.807, 2.05) is 0 Å². The van der Waals surface area contributed by atoms with E-state index in [0.717, 1.165) is 19.3 Å². The van der Waals surface area contributed by atoms with Crippen LogP contribution in [-0.2, 0) is 10.0 Å². The predicted octanol–water partition coefficient (Wildman–Crippen LogP) is 3.22. The summed E-state index contributed by atoms with van der Waals surface area (Å²) < 4.78 is 40.5. The lowest BCUT2D eigenvalue weighted by atomic mass is 9.93. The maximum absolute atomic E-state index is 13.4. The van der Waals surface area contributed by atoms with Crippen molar-refractivity contribution in [3.8, 4) is 0 Å². The molecule has 0 spiro atoms. The molecule has 0 unspecified atom stereocenters. The fourth-order valence-electron chi connectivity index (χ4n) is 2.68. The maximum atomic E-state index is 13.4. The summed E-state index contributed by atoms with van der Waals surface area (Å²) in [7, 11) is -3.62. The van der Waals surface area contributed by atoms with Crippen LogP contribution in [0.5, 0.6) is 0 Å². The van der Waals surface area contributed by atoms with Gasteiger partial charge in [0.1, 0.15) is 5.82 Å². The Bertz CT molecular complexity index is 576. The predicted molar refractivity (Wildman–Crippen MR) is 78.1 cm³/mol. The summed E-state index contributed by atoms with van der Waals surface area (Å²) >= 11 is 5.75. The number of aryl methyl sites for hydroxylation is 2. The van der Waals surface area contributed by atoms with Gasteiger partial charge in [-0.05, 0) is 49.9 Å². The first-order valence-corrected chi connectivity index (χ1v) is 8.70. The third-order valence-corrected chi connectivity index (χ3v) is 6.21. The van der Waals surface area contributed by atoms with Crippen LogP contribution in [0.3, 0.4) is 0 Å². The number of rotatable bonds is 5. The first-order chi connectivity index (χ1) is 9.37. The largest absolute Gasteiger partial charge is 0.243 e. The Hall–Kier alpha value is -0.650. The molecule has 0 N–H and O–H groups in total. The molecule has 0 bridgehead atoms. The van der Waals surface area contributed by atoms with Crippen LogP contribution in [0.4, 0.5) is 4.39 Å². The fraction of sp³-hybridized carbons (Fsp3) is 0.571. The number of sulfonamides is 1. The molecule has 2 rings (SSSR count). The zero-order valence-corrected chi connectivity index (χ0v) is 13.3. The molecule has 1 saturated carbocycles. The SMILES string of the molecule is Cc1cc(F)cc(C)c1S(=O)(=O)N(CCCl)C1CCC1. The van der Waals surface area contributed by atoms with Gasteiger partial charge < -0.3 is 0 Å². The van der Waals surface area contributed by atoms with Gasteiger partial charge in [0.2, 0.25) is 10.0 Å². The average Bonchev–Trinajstić information content (AvgIpc) is 2.23. The molecule has 6 heteroatoms. The summed E-state index contributed by atoms with van der Waals surface area (Å²) in [6.07, 6.45) is 2.78. The zero-order chi connectivity index (χ0) is 14.9. The number of alkyl halides is 1. The first kappa shape index (κ1) is 15.7. The average molecular weight is 320 g/mol. The molecular formula is C14H19ClFNO2S. The molecule has 112 valence electrons. The first-order valence-electron chi connectivity index (χ1n) is 6.72. The molecule has 1 aliphatic carbocycles. The molecule has 1 aromatic rings. The van der Waals surface area contributed by atoms with Crippen molar-refractivity contribution in [3.63, 3.8) is 0 Å². The van der Waals surface area contributed by atoms with Crippen LogP contribution in [0.1, 0.15) is 30.4 Å². The van der Waals surface area contributed by atoms with Crippen molar-refractivity contribution in [2.45, 2.75) is 44.0 Å². The van der Waals surface area contributed by atoms with Gasteiger partial charge in [0, 0.05) is 18.5 Å². The van der Waals surface area contributed by atoms with Crippen molar-refractivity contribution < 1.29 is 12.8 Å². The lowest BCUT2D eigenvalue weighted by Gasteiger charge is -2.36. The third-order valence-electron chi connectivity index (χ3n) is 3.78. The van der Waals surface area contributed by atoms with Gasteiger partial charge in [0.25, 0.3) is 0 Å². The molecule has 1 aromatic carbocycles. The van der Waals surface area contributed by atoms with Crippen molar-refractivity contribution >= 4 is 21.6 Å². The number of halogens is 2. The summed E-state index contributed by atoms with van der Waals surface area (Å²) in [5.41, 5.74) is 0.891. The summed E-state index contributed by atoms with van der Waals surface area (Å²) in [6, 6.07) is 2.56. The monoisotopic (exact) mass is 319 g/mol. The second-order valence-corrected chi connectivity index (χ2v) is 7.46. The van der Waals surface area contributed by atoms with E-state index < -0.39 is 15.8 Å². The van der Waals surface area contributed by atoms with Crippen molar-refractivity contribution in [1.29, 1.82) is 0 Å². The van der Waals surface area contributed by atoms with Crippen molar-refractivity contribution in [2.75, 3.05) is 12.4 Å². The van der Waals surface area contributed by atoms with E-state index in [1.165, 1.54) is 16.4 Å². The molecule has 0 heterocycles. The lowest BCUT2D eigenvalue weighted by molar-refractivity contribution is 0.227. The van der Waals surface area contributed by atoms with E-state index in [4.69, 9.17) is 11.6 Å². The summed E-state index contributed by atoms with van der Waals surface area (Å²) in [6.45, 7) is 3.55. The number of nitrogens with zero attached hydrogens (tertiary/aromatic N) is 1. The molecule has 1 aliphatic rings. The van der Waals surface area contributed by atoms with Gasteiger partial charge in [-0.2, -0.15) is 4.31 Å². The van der Waals surface area contributed by atoms with Crippen LogP contribution in [0.2, 0.25) is 0 Å². The summed E-state index contributed by atoms with van der Waals surface area (Å²) in [5, 5.41) is 0. The Balaban J connectivity index is 2.47. The minimum atomic E-state index is -3.62. The van der Waals surface area contributed by atoms with Crippen molar-refractivity contribution in [2.24, 2.45) is 0 Å². The smallest absolute Gasteiger partial charge is 0.207 e. The van der Waals surface area contributed by atoms with Gasteiger partial charge in [0.15, 0.2) is 0 Å². The minimum Gasteiger partial charge on any atom is -0.207 e. The normalized spacial score (nSPS) is 16.4. The molecule has 0 saturated heterocycles. The molecule has 1 fully saturated rings. The highest BCUT2D eigenvalue weighted by atomic mass is 35.5. The van der Waals surface area contributed by atoms with Gasteiger partial charge in [-0.25, -0.2) is 12.8 Å². The second kappa shape index (κ2) is 6.00. The van der Waals surface area contributed by atoms with Crippen LogP contribution >= 0.6 is 11.6 Å². The highest BCUT2D eigenvalue weighted by Gasteiger charge is 2.36. The van der Waals surface area contributed by atoms with Crippen LogP contribution in [0, 0.1) is 19.7 Å². The van der Waals surface area contributed by atoms with Crippen LogP contribution in [0.15, 0.2) is 17.0 Å². The molecule has 0 amide bonds. The number of hydrogen-bond donors (Lipinski definition) is 0. The fourth-order valence-corrected chi connectivity index (χ4v) is 5.06. The van der Waals surface area contributed by atoms with Gasteiger partial charge in [-0.15, -0.1) is 11.6 Å². The van der Waals surface area contributed by atoms with Gasteiger partial charge in [-0.1, -0.05) is 6.42 Å². The van der Waals surface area contributed by atoms with Gasteiger partial charge in [-0.3, -0.25) is 0 Å². The van der Waals surface area contributed by atoms with E-state index in [2.05, 4.69) is 0 Å². The Kier molecular flexibility index (Phi) is 4.72. The maximum Gasteiger partial charge on any atom is 0.243 e. The second-order valence-electron chi connectivity index (χ2n) is 5.26. The standard InChI is InChI=1S/C14H19ClFNO2S/c1-10-8-12(16)9-11(2)14(10)20(18,19)17(7-6-15)13-4-3-5-13/h8-9,13H,3-7H2,1-2H3. The minimum absolute atomic E-state index is 0.0302. The quantitative estimate of drug-likeness (QED) is 0.781. The van der Waals surface area contributed by atoms with Gasteiger partial charge >= 0.3 is 0 Å². The van der Waals surface area contributed by atoms with E-state index in [1.54, 1.807) is 13.8 Å². The molecule has 0 aliphatic heterocycles. The molecule has 20 heavy (non-hydrogen) atoms. The molecule has 0 atom stereocenters. The topological polar surface area (TPSA) is 37.4 Å². The highest BCUT2D eigenvalue weighted by molar-refractivity contribution is 7.89. The Morgan fingerprint density at radius 2 is 1.85 bits per heavy atom. The number of benzene rings is 1. The third kappa shape index (κ3) is 2.85. The van der Waals surface area contributed by atoms with E-state index in [0.29, 0.717) is 17.7 Å². The molecule has 3 nitrogen and oxygen atoms in total. The summed E-state index contributed by atoms with van der Waals surface area (Å²) in [5.74, 6) is -0.152. The van der Waals surface area contributed by atoms with Crippen LogP contribution in [0.25, 0.3) is 0 Å². The lowest BCUT2D eigenvalue weighted by Crippen LogP contribution is -2.45. The molecule has 0 radical (unpaired) electrons. The molecular weight excluding hydrogens is 301 g/mol. The Morgan fingerprint density at radius 3 is 2.25 bits per heavy atom. The number of hydrogen-bond acceptors (Lipinski definition) is 2. The Morgan fingerprint density at radius 1 is 1.30 bits per heavy atom. The molecule has 0 aromatic heterocycles.